The van der Waals surface area contributed by atoms with E-state index in [2.05, 4.69) is 20.7 Å². The number of nitriles is 1. The number of carbonyl (C=O) groups is 1. The molecule has 0 saturated carbocycles. The lowest BCUT2D eigenvalue weighted by Crippen LogP contribution is -2.09. The largest absolute Gasteiger partial charge is 0.465 e. The van der Waals surface area contributed by atoms with Gasteiger partial charge in [0.15, 0.2) is 0 Å². The topological polar surface area (TPSA) is 93.2 Å². The molecule has 0 aliphatic rings. The first-order valence-electron chi connectivity index (χ1n) is 4.41. The molecular weight excluding hydrogens is 292 g/mol. The molecule has 0 bridgehead atoms. The van der Waals surface area contributed by atoms with Crippen LogP contribution in [0.25, 0.3) is 0 Å². The van der Waals surface area contributed by atoms with Gasteiger partial charge in [-0.1, -0.05) is 22.0 Å². The maximum Gasteiger partial charge on any atom is 0.339 e. The van der Waals surface area contributed by atoms with E-state index >= 15 is 0 Å². The Morgan fingerprint density at radius 1 is 1.65 bits per heavy atom. The first kappa shape index (κ1) is 13.1. The Kier molecular flexibility index (Phi) is 4.17. The van der Waals surface area contributed by atoms with E-state index in [9.17, 15) is 14.9 Å². The molecule has 0 radical (unpaired) electrons. The molecule has 0 heterocycles. The van der Waals surface area contributed by atoms with E-state index in [1.807, 2.05) is 0 Å². The van der Waals surface area contributed by atoms with Gasteiger partial charge in [0.05, 0.1) is 17.6 Å². The van der Waals surface area contributed by atoms with Crippen LogP contribution in [0.1, 0.15) is 21.5 Å². The van der Waals surface area contributed by atoms with Gasteiger partial charge in [-0.2, -0.15) is 5.26 Å². The molecule has 0 unspecified atom stereocenters. The first-order chi connectivity index (χ1) is 8.06. The number of benzene rings is 1. The van der Waals surface area contributed by atoms with Gasteiger partial charge in [-0.3, -0.25) is 10.1 Å². The highest BCUT2D eigenvalue weighted by Crippen LogP contribution is 2.26. The Hall–Kier alpha value is -1.94. The predicted octanol–water partition coefficient (Wildman–Crippen LogP) is 2.15. The number of hydrogen-bond donors (Lipinski definition) is 0. The number of nitrogens with zero attached hydrogens (tertiary/aromatic N) is 2. The van der Waals surface area contributed by atoms with Crippen molar-refractivity contribution in [3.8, 4) is 6.07 Å². The zero-order chi connectivity index (χ0) is 13.0. The smallest absolute Gasteiger partial charge is 0.339 e. The summed E-state index contributed by atoms with van der Waals surface area (Å²) in [6.45, 7) is 0. The number of nitro benzene ring substituents is 1. The molecule has 0 N–H and O–H groups in total. The lowest BCUT2D eigenvalue weighted by Gasteiger charge is -2.07. The minimum atomic E-state index is -0.764. The normalized spacial score (nSPS) is 9.47. The molecule has 0 aliphatic heterocycles. The summed E-state index contributed by atoms with van der Waals surface area (Å²) in [5.74, 6) is -0.764. The van der Waals surface area contributed by atoms with E-state index in [-0.39, 0.29) is 11.1 Å². The minimum absolute atomic E-state index is 0.0684. The second-order valence-electron chi connectivity index (χ2n) is 2.99. The molecule has 1 rings (SSSR count). The molecular formula is C10H7BrN2O4. The van der Waals surface area contributed by atoms with Crippen LogP contribution in [0.2, 0.25) is 0 Å². The number of alkyl halides is 1. The minimum Gasteiger partial charge on any atom is -0.465 e. The molecule has 1 aromatic carbocycles. The lowest BCUT2D eigenvalue weighted by molar-refractivity contribution is -0.385. The molecule has 7 heteroatoms. The zero-order valence-electron chi connectivity index (χ0n) is 8.77. The summed E-state index contributed by atoms with van der Waals surface area (Å²) in [5, 5.41) is 20.0. The third-order valence-corrected chi connectivity index (χ3v) is 2.72. The van der Waals surface area contributed by atoms with Gasteiger partial charge in [0.1, 0.15) is 11.6 Å². The van der Waals surface area contributed by atoms with Crippen LogP contribution in [0.5, 0.6) is 0 Å². The molecule has 6 nitrogen and oxygen atoms in total. The highest BCUT2D eigenvalue weighted by molar-refractivity contribution is 9.08. The number of hydrogen-bond acceptors (Lipinski definition) is 5. The Bertz CT molecular complexity index is 522. The Balaban J connectivity index is 3.62. The molecule has 0 saturated heterocycles. The number of carbonyl (C=O) groups excluding carboxylic acids is 1. The van der Waals surface area contributed by atoms with Gasteiger partial charge in [0.2, 0.25) is 0 Å². The van der Waals surface area contributed by atoms with E-state index in [1.54, 1.807) is 6.07 Å². The molecule has 0 spiro atoms. The van der Waals surface area contributed by atoms with E-state index in [0.29, 0.717) is 10.9 Å². The van der Waals surface area contributed by atoms with Crippen molar-refractivity contribution in [2.24, 2.45) is 0 Å². The molecule has 0 fully saturated rings. The fraction of sp³-hybridized carbons (Fsp3) is 0.200. The second kappa shape index (κ2) is 5.41. The van der Waals surface area contributed by atoms with E-state index in [0.717, 1.165) is 7.11 Å². The van der Waals surface area contributed by atoms with Gasteiger partial charge in [0.25, 0.3) is 5.69 Å². The van der Waals surface area contributed by atoms with Crippen LogP contribution in [0.15, 0.2) is 12.1 Å². The van der Waals surface area contributed by atoms with Gasteiger partial charge in [-0.05, 0) is 5.56 Å². The van der Waals surface area contributed by atoms with Crippen molar-refractivity contribution in [2.75, 3.05) is 7.11 Å². The quantitative estimate of drug-likeness (QED) is 0.369. The number of rotatable bonds is 3. The van der Waals surface area contributed by atoms with Crippen LogP contribution in [0.3, 0.4) is 0 Å². The molecule has 17 heavy (non-hydrogen) atoms. The maximum absolute atomic E-state index is 11.5. The van der Waals surface area contributed by atoms with Crippen molar-refractivity contribution < 1.29 is 14.5 Å². The highest BCUT2D eigenvalue weighted by atomic mass is 79.9. The monoisotopic (exact) mass is 298 g/mol. The Morgan fingerprint density at radius 2 is 2.29 bits per heavy atom. The van der Waals surface area contributed by atoms with E-state index in [1.165, 1.54) is 12.1 Å². The molecule has 0 amide bonds. The van der Waals surface area contributed by atoms with Crippen LogP contribution >= 0.6 is 15.9 Å². The van der Waals surface area contributed by atoms with Crippen LogP contribution in [-0.4, -0.2) is 18.0 Å². The second-order valence-corrected chi connectivity index (χ2v) is 3.55. The number of esters is 1. The van der Waals surface area contributed by atoms with E-state index in [4.69, 9.17) is 5.26 Å². The summed E-state index contributed by atoms with van der Waals surface area (Å²) in [4.78, 5) is 21.6. The van der Waals surface area contributed by atoms with Crippen LogP contribution in [-0.2, 0) is 10.1 Å². The van der Waals surface area contributed by atoms with Crippen molar-refractivity contribution in [3.63, 3.8) is 0 Å². The Labute approximate surface area is 105 Å². The van der Waals surface area contributed by atoms with E-state index < -0.39 is 16.6 Å². The SMILES string of the molecule is COC(=O)c1c(CBr)ccc([N+](=O)[O-])c1C#N. The average molecular weight is 299 g/mol. The number of ether oxygens (including phenoxy) is 1. The maximum atomic E-state index is 11.5. The molecule has 0 atom stereocenters. The molecule has 1 aromatic rings. The number of nitro groups is 1. The predicted molar refractivity (Wildman–Crippen MR) is 61.8 cm³/mol. The third-order valence-electron chi connectivity index (χ3n) is 2.11. The van der Waals surface area contributed by atoms with Crippen LogP contribution < -0.4 is 0 Å². The van der Waals surface area contributed by atoms with Gasteiger partial charge in [-0.25, -0.2) is 4.79 Å². The summed E-state index contributed by atoms with van der Waals surface area (Å²) in [5.41, 5.74) is -0.281. The van der Waals surface area contributed by atoms with Crippen molar-refractivity contribution in [1.29, 1.82) is 5.26 Å². The van der Waals surface area contributed by atoms with Crippen LogP contribution in [0.4, 0.5) is 5.69 Å². The standard InChI is InChI=1S/C10H7BrN2O4/c1-17-10(14)9-6(4-11)2-3-8(13(15)16)7(9)5-12/h2-3H,4H2,1H3. The zero-order valence-corrected chi connectivity index (χ0v) is 10.4. The van der Waals surface area contributed by atoms with Gasteiger partial charge in [-0.15, -0.1) is 0 Å². The fourth-order valence-electron chi connectivity index (χ4n) is 1.35. The Morgan fingerprint density at radius 3 is 2.71 bits per heavy atom. The van der Waals surface area contributed by atoms with Gasteiger partial charge < -0.3 is 4.74 Å². The van der Waals surface area contributed by atoms with Crippen molar-refractivity contribution in [3.05, 3.63) is 38.9 Å². The number of methoxy groups -OCH3 is 1. The summed E-state index contributed by atoms with van der Waals surface area (Å²) in [6, 6.07) is 4.28. The van der Waals surface area contributed by atoms with Crippen LogP contribution in [0, 0.1) is 21.4 Å². The highest BCUT2D eigenvalue weighted by Gasteiger charge is 2.25. The average Bonchev–Trinajstić information content (AvgIpc) is 2.35. The third kappa shape index (κ3) is 2.42. The summed E-state index contributed by atoms with van der Waals surface area (Å²) in [6.07, 6.45) is 0. The van der Waals surface area contributed by atoms with Gasteiger partial charge in [0, 0.05) is 11.4 Å². The molecule has 88 valence electrons. The number of halogens is 1. The van der Waals surface area contributed by atoms with Crippen molar-refractivity contribution in [2.45, 2.75) is 5.33 Å². The van der Waals surface area contributed by atoms with Gasteiger partial charge >= 0.3 is 5.97 Å². The lowest BCUT2D eigenvalue weighted by atomic mass is 10.0. The molecule has 0 aromatic heterocycles. The fourth-order valence-corrected chi connectivity index (χ4v) is 1.81. The van der Waals surface area contributed by atoms with Crippen molar-refractivity contribution >= 4 is 27.6 Å². The summed E-state index contributed by atoms with van der Waals surface area (Å²) < 4.78 is 4.52. The summed E-state index contributed by atoms with van der Waals surface area (Å²) >= 11 is 3.14. The molecule has 0 aliphatic carbocycles. The summed E-state index contributed by atoms with van der Waals surface area (Å²) in [7, 11) is 1.15. The first-order valence-corrected chi connectivity index (χ1v) is 5.53. The van der Waals surface area contributed by atoms with Crippen molar-refractivity contribution in [1.82, 2.24) is 0 Å².